The van der Waals surface area contributed by atoms with E-state index >= 15 is 0 Å². The molecule has 2 amide bonds. The summed E-state index contributed by atoms with van der Waals surface area (Å²) >= 11 is 0. The summed E-state index contributed by atoms with van der Waals surface area (Å²) in [7, 11) is 0. The fourth-order valence-electron chi connectivity index (χ4n) is 1.71. The van der Waals surface area contributed by atoms with Gasteiger partial charge in [-0.2, -0.15) is 0 Å². The quantitative estimate of drug-likeness (QED) is 0.807. The number of rotatable bonds is 5. The summed E-state index contributed by atoms with van der Waals surface area (Å²) in [5.74, 6) is 0.515. The number of amides is 2. The van der Waals surface area contributed by atoms with Crippen molar-refractivity contribution in [3.05, 3.63) is 53.5 Å². The van der Waals surface area contributed by atoms with Crippen molar-refractivity contribution in [1.29, 1.82) is 0 Å². The second kappa shape index (κ2) is 5.86. The zero-order valence-corrected chi connectivity index (χ0v) is 10.5. The molecule has 19 heavy (non-hydrogen) atoms. The van der Waals surface area contributed by atoms with E-state index in [0.717, 1.165) is 5.56 Å². The van der Waals surface area contributed by atoms with Gasteiger partial charge in [0.1, 0.15) is 5.76 Å². The number of carbonyl (C=O) groups excluding carboxylic acids is 2. The third-order valence-corrected chi connectivity index (χ3v) is 2.71. The predicted molar refractivity (Wildman–Crippen MR) is 70.7 cm³/mol. The van der Waals surface area contributed by atoms with Crippen molar-refractivity contribution in [3.8, 4) is 0 Å². The van der Waals surface area contributed by atoms with Gasteiger partial charge < -0.3 is 15.1 Å². The van der Waals surface area contributed by atoms with E-state index in [-0.39, 0.29) is 5.91 Å². The summed E-state index contributed by atoms with van der Waals surface area (Å²) in [5.41, 5.74) is 2.07. The molecule has 2 aromatic rings. The lowest BCUT2D eigenvalue weighted by molar-refractivity contribution is -0.105. The molecule has 0 aliphatic rings. The molecule has 0 spiro atoms. The highest BCUT2D eigenvalue weighted by Crippen LogP contribution is 2.15. The Kier molecular flexibility index (Phi) is 3.97. The van der Waals surface area contributed by atoms with Crippen LogP contribution in [-0.4, -0.2) is 12.3 Å². The molecule has 0 unspecified atom stereocenters. The van der Waals surface area contributed by atoms with E-state index in [1.807, 2.05) is 6.92 Å². The van der Waals surface area contributed by atoms with Crippen LogP contribution in [0.15, 0.2) is 41.0 Å². The van der Waals surface area contributed by atoms with Gasteiger partial charge in [-0.3, -0.25) is 9.59 Å². The van der Waals surface area contributed by atoms with Gasteiger partial charge in [0.25, 0.3) is 5.91 Å². The number of benzene rings is 1. The number of hydrogen-bond donors (Lipinski definition) is 2. The van der Waals surface area contributed by atoms with Crippen molar-refractivity contribution in [3.63, 3.8) is 0 Å². The fraction of sp³-hybridized carbons (Fsp3) is 0.143. The van der Waals surface area contributed by atoms with E-state index in [4.69, 9.17) is 4.42 Å². The van der Waals surface area contributed by atoms with Gasteiger partial charge in [0, 0.05) is 11.3 Å². The van der Waals surface area contributed by atoms with Crippen LogP contribution in [0.1, 0.15) is 21.7 Å². The second-order valence-electron chi connectivity index (χ2n) is 4.05. The van der Waals surface area contributed by atoms with Crippen LogP contribution < -0.4 is 10.6 Å². The molecule has 5 heteroatoms. The predicted octanol–water partition coefficient (Wildman–Crippen LogP) is 2.09. The first-order valence-electron chi connectivity index (χ1n) is 5.82. The van der Waals surface area contributed by atoms with Crippen LogP contribution in [0.3, 0.4) is 0 Å². The fourth-order valence-corrected chi connectivity index (χ4v) is 1.71. The molecule has 0 saturated heterocycles. The molecule has 2 rings (SSSR count). The van der Waals surface area contributed by atoms with Crippen molar-refractivity contribution >= 4 is 18.0 Å². The lowest BCUT2D eigenvalue weighted by Crippen LogP contribution is -2.22. The van der Waals surface area contributed by atoms with E-state index in [0.29, 0.717) is 30.0 Å². The lowest BCUT2D eigenvalue weighted by atomic mass is 10.1. The van der Waals surface area contributed by atoms with Crippen molar-refractivity contribution in [2.24, 2.45) is 0 Å². The zero-order chi connectivity index (χ0) is 13.7. The summed E-state index contributed by atoms with van der Waals surface area (Å²) < 4.78 is 5.13. The third kappa shape index (κ3) is 3.22. The first-order valence-corrected chi connectivity index (χ1v) is 5.82. The van der Waals surface area contributed by atoms with Crippen LogP contribution in [0.2, 0.25) is 0 Å². The summed E-state index contributed by atoms with van der Waals surface area (Å²) in [6, 6.07) is 8.65. The molecule has 5 nitrogen and oxygen atoms in total. The number of anilines is 1. The average Bonchev–Trinajstić information content (AvgIpc) is 2.91. The van der Waals surface area contributed by atoms with Crippen molar-refractivity contribution < 1.29 is 14.0 Å². The van der Waals surface area contributed by atoms with Crippen LogP contribution in [0, 0.1) is 6.92 Å². The summed E-state index contributed by atoms with van der Waals surface area (Å²) in [6.45, 7) is 2.17. The van der Waals surface area contributed by atoms with E-state index in [1.165, 1.54) is 0 Å². The smallest absolute Gasteiger partial charge is 0.251 e. The molecule has 0 fully saturated rings. The number of aryl methyl sites for hydroxylation is 1. The first kappa shape index (κ1) is 12.9. The first-order chi connectivity index (χ1) is 9.20. The highest BCUT2D eigenvalue weighted by Gasteiger charge is 2.08. The molecule has 1 aromatic carbocycles. The van der Waals surface area contributed by atoms with Gasteiger partial charge in [0.05, 0.1) is 12.8 Å². The number of hydrogen-bond acceptors (Lipinski definition) is 3. The Morgan fingerprint density at radius 1 is 1.37 bits per heavy atom. The SMILES string of the molecule is Cc1cc(C(=O)NCc2ccco2)ccc1NC=O. The Bertz CT molecular complexity index is 576. The highest BCUT2D eigenvalue weighted by atomic mass is 16.3. The minimum Gasteiger partial charge on any atom is -0.467 e. The van der Waals surface area contributed by atoms with Gasteiger partial charge in [-0.15, -0.1) is 0 Å². The van der Waals surface area contributed by atoms with Crippen molar-refractivity contribution in [1.82, 2.24) is 5.32 Å². The van der Waals surface area contributed by atoms with Crippen LogP contribution in [-0.2, 0) is 11.3 Å². The summed E-state index contributed by atoms with van der Waals surface area (Å²) in [5, 5.41) is 5.33. The van der Waals surface area contributed by atoms with Crippen molar-refractivity contribution in [2.75, 3.05) is 5.32 Å². The normalized spacial score (nSPS) is 9.95. The van der Waals surface area contributed by atoms with Gasteiger partial charge in [0.2, 0.25) is 6.41 Å². The van der Waals surface area contributed by atoms with Gasteiger partial charge in [-0.1, -0.05) is 0 Å². The molecule has 1 heterocycles. The molecule has 0 saturated carbocycles. The maximum atomic E-state index is 11.9. The van der Waals surface area contributed by atoms with E-state index in [2.05, 4.69) is 10.6 Å². The standard InChI is InChI=1S/C14H14N2O3/c1-10-7-11(4-5-13(10)16-9-17)14(18)15-8-12-3-2-6-19-12/h2-7,9H,8H2,1H3,(H,15,18)(H,16,17). The Labute approximate surface area is 110 Å². The average molecular weight is 258 g/mol. The maximum Gasteiger partial charge on any atom is 0.251 e. The second-order valence-corrected chi connectivity index (χ2v) is 4.05. The van der Waals surface area contributed by atoms with E-state index in [9.17, 15) is 9.59 Å². The van der Waals surface area contributed by atoms with Gasteiger partial charge >= 0.3 is 0 Å². The molecule has 0 aliphatic heterocycles. The molecular formula is C14H14N2O3. The molecule has 1 aromatic heterocycles. The Morgan fingerprint density at radius 3 is 2.84 bits per heavy atom. The monoisotopic (exact) mass is 258 g/mol. The topological polar surface area (TPSA) is 71.3 Å². The van der Waals surface area contributed by atoms with Crippen LogP contribution in [0.4, 0.5) is 5.69 Å². The minimum atomic E-state index is -0.183. The summed E-state index contributed by atoms with van der Waals surface area (Å²) in [4.78, 5) is 22.3. The molecule has 0 bridgehead atoms. The molecule has 2 N–H and O–H groups in total. The van der Waals surface area contributed by atoms with Gasteiger partial charge in [-0.25, -0.2) is 0 Å². The third-order valence-electron chi connectivity index (χ3n) is 2.71. The van der Waals surface area contributed by atoms with Crippen LogP contribution in [0.25, 0.3) is 0 Å². The van der Waals surface area contributed by atoms with Gasteiger partial charge in [0.15, 0.2) is 0 Å². The minimum absolute atomic E-state index is 0.183. The van der Waals surface area contributed by atoms with E-state index < -0.39 is 0 Å². The Morgan fingerprint density at radius 2 is 2.21 bits per heavy atom. The maximum absolute atomic E-state index is 11.9. The largest absolute Gasteiger partial charge is 0.467 e. The number of nitrogens with one attached hydrogen (secondary N) is 2. The number of furan rings is 1. The molecule has 0 atom stereocenters. The van der Waals surface area contributed by atoms with Crippen LogP contribution >= 0.6 is 0 Å². The van der Waals surface area contributed by atoms with Crippen molar-refractivity contribution in [2.45, 2.75) is 13.5 Å². The number of carbonyl (C=O) groups is 2. The van der Waals surface area contributed by atoms with Crippen LogP contribution in [0.5, 0.6) is 0 Å². The molecule has 0 aliphatic carbocycles. The molecule has 0 radical (unpaired) electrons. The summed E-state index contributed by atoms with van der Waals surface area (Å²) in [6.07, 6.45) is 2.17. The Balaban J connectivity index is 2.02. The van der Waals surface area contributed by atoms with Gasteiger partial charge in [-0.05, 0) is 42.8 Å². The Hall–Kier alpha value is -2.56. The lowest BCUT2D eigenvalue weighted by Gasteiger charge is -2.07. The zero-order valence-electron chi connectivity index (χ0n) is 10.5. The molecular weight excluding hydrogens is 244 g/mol. The highest BCUT2D eigenvalue weighted by molar-refractivity contribution is 5.95. The van der Waals surface area contributed by atoms with E-state index in [1.54, 1.807) is 36.6 Å². The molecule has 98 valence electrons.